The normalized spacial score (nSPS) is 16.0. The number of aliphatic imine (C=N–C) groups is 1. The highest BCUT2D eigenvalue weighted by molar-refractivity contribution is 7.98. The van der Waals surface area contributed by atoms with Crippen LogP contribution >= 0.6 is 36.2 Å². The number of carboxylic acids is 3. The predicted octanol–water partition coefficient (Wildman–Crippen LogP) is -6.65. The number of carbonyl (C=O) groups is 16. The summed E-state index contributed by atoms with van der Waals surface area (Å²) in [6, 6.07) is -10.2. The number of hydrogen-bond donors (Lipinski definition) is 23. The van der Waals surface area contributed by atoms with Gasteiger partial charge < -0.3 is 122 Å². The van der Waals surface area contributed by atoms with Crippen molar-refractivity contribution < 1.29 is 112 Å². The molecule has 0 spiro atoms. The summed E-state index contributed by atoms with van der Waals surface area (Å²) in [7, 11) is 0. The number of aliphatic carboxylic acids is 3. The zero-order chi connectivity index (χ0) is 82.5. The molecule has 0 unspecified atom stereocenters. The molecule has 1 saturated heterocycles. The third-order valence-corrected chi connectivity index (χ3v) is 18.8. The van der Waals surface area contributed by atoms with Crippen LogP contribution in [0.25, 0.3) is 0 Å². The number of nitrogens with two attached hydrogens (primary N) is 4. The van der Waals surface area contributed by atoms with Gasteiger partial charge in [0.2, 0.25) is 76.8 Å². The fraction of sp³-hybridized carbons (Fsp3) is 0.567. The van der Waals surface area contributed by atoms with Crippen LogP contribution < -0.4 is 81.4 Å². The first-order chi connectivity index (χ1) is 52.0. The molecule has 13 amide bonds. The fourth-order valence-electron chi connectivity index (χ4n) is 10.9. The number of rotatable bonds is 50. The third kappa shape index (κ3) is 32.5. The lowest BCUT2D eigenvalue weighted by Crippen LogP contribution is -2.62. The van der Waals surface area contributed by atoms with Crippen molar-refractivity contribution in [1.29, 1.82) is 0 Å². The molecule has 0 radical (unpaired) electrons. The summed E-state index contributed by atoms with van der Waals surface area (Å²) >= 11 is 6.83. The number of carbonyl (C=O) groups excluding carboxylic acids is 13. The quantitative estimate of drug-likeness (QED) is 0.0127. The van der Waals surface area contributed by atoms with Crippen LogP contribution in [0.3, 0.4) is 0 Å². The van der Waals surface area contributed by atoms with E-state index in [4.69, 9.17) is 22.9 Å². The summed E-state index contributed by atoms with van der Waals surface area (Å²) in [6.45, 7) is 0.858. The van der Waals surface area contributed by atoms with Gasteiger partial charge in [-0.2, -0.15) is 36.2 Å². The first-order valence-corrected chi connectivity index (χ1v) is 38.2. The summed E-state index contributed by atoms with van der Waals surface area (Å²) < 4.78 is 0. The lowest BCUT2D eigenvalue weighted by atomic mass is 9.97. The predicted molar refractivity (Wildman–Crippen MR) is 402 cm³/mol. The zero-order valence-corrected chi connectivity index (χ0v) is 63.5. The van der Waals surface area contributed by atoms with E-state index in [2.05, 4.69) is 65.5 Å². The standard InChI is InChI=1S/C67H101N17O23S3/c1-5-33(2)53(83-63(103)49-9-7-23-84(49)65(105)44(27-35-12-16-37(88)17-13-35)78-54(94)38(68)20-24-109-3)64(104)75-41(21-25-110-4)57(97)74-40(18-19-51(90)91)56(96)76-42(26-34-10-14-36(87)15-11-34)58(98)80-47(31-86)61(101)82-48(32-108)62(102)81-46(30-85)60(100)77-43(29-52(92)93)59(99)73-39(8-6-22-72-67(70)71)55(95)79-45(66(106)107)28-50(69)89/h10-17,33,38-49,53,85-88,108H,5-9,18-32,68H2,1-4H3,(H2,69,89)(H,73,99)(H,74,97)(H,75,104)(H,76,96)(H,77,100)(H,78,94)(H,79,95)(H,80,98)(H,81,102)(H,82,101)(H,83,103)(H,90,91)(H,92,93)(H,106,107)(H4,70,71,72)/t33-,38-,39-,40-,41-,42-,43-,44-,45-,46-,47-,48-,49-,53-/m0/s1. The number of thioether (sulfide) groups is 2. The van der Waals surface area contributed by atoms with Gasteiger partial charge in [0.05, 0.1) is 32.1 Å². The summed E-state index contributed by atoms with van der Waals surface area (Å²) in [5.74, 6) is -19.9. The molecule has 0 aromatic heterocycles. The number of hydrogen-bond acceptors (Lipinski definition) is 25. The number of phenolic OH excluding ortho intramolecular Hbond substituents is 2. The maximum absolute atomic E-state index is 14.5. The van der Waals surface area contributed by atoms with Gasteiger partial charge in [0, 0.05) is 38.1 Å². The SMILES string of the molecule is CC[C@H](C)[C@H](NC(=O)[C@@H]1CCCN1C(=O)[C@H](Cc1ccc(O)cc1)NC(=O)[C@@H](N)CCSC)C(=O)N[C@@H](CCSC)C(=O)N[C@@H](CCC(=O)O)C(=O)N[C@@H](Cc1ccc(O)cc1)C(=O)N[C@@H](CO)C(=O)N[C@@H](CS)C(=O)N[C@@H](CO)C(=O)N[C@@H](CC(=O)O)C(=O)N[C@@H](CCCN=C(N)N)C(=O)N[C@@H](CC(N)=O)C(=O)O. The second-order valence-corrected chi connectivity index (χ2v) is 28.0. The molecule has 43 heteroatoms. The van der Waals surface area contributed by atoms with E-state index in [1.165, 1.54) is 64.8 Å². The van der Waals surface area contributed by atoms with E-state index in [1.54, 1.807) is 32.2 Å². The largest absolute Gasteiger partial charge is 0.508 e. The van der Waals surface area contributed by atoms with Gasteiger partial charge in [-0.1, -0.05) is 44.5 Å². The summed E-state index contributed by atoms with van der Waals surface area (Å²) in [4.78, 5) is 221. The van der Waals surface area contributed by atoms with Crippen molar-refractivity contribution in [2.24, 2.45) is 33.8 Å². The van der Waals surface area contributed by atoms with Gasteiger partial charge in [-0.25, -0.2) is 4.79 Å². The molecule has 1 fully saturated rings. The molecule has 110 heavy (non-hydrogen) atoms. The van der Waals surface area contributed by atoms with Gasteiger partial charge in [-0.05, 0) is 110 Å². The van der Waals surface area contributed by atoms with Crippen LogP contribution in [0.5, 0.6) is 11.5 Å². The Labute approximate surface area is 646 Å². The van der Waals surface area contributed by atoms with Crippen molar-refractivity contribution in [2.75, 3.05) is 56.1 Å². The molecule has 2 aromatic rings. The number of aromatic hydroxyl groups is 2. The zero-order valence-electron chi connectivity index (χ0n) is 61.0. The smallest absolute Gasteiger partial charge is 0.326 e. The lowest BCUT2D eigenvalue weighted by Gasteiger charge is -2.32. The van der Waals surface area contributed by atoms with E-state index in [-0.39, 0.29) is 74.0 Å². The van der Waals surface area contributed by atoms with Crippen molar-refractivity contribution in [3.8, 4) is 11.5 Å². The van der Waals surface area contributed by atoms with E-state index >= 15 is 0 Å². The number of nitrogens with one attached hydrogen (secondary N) is 11. The Morgan fingerprint density at radius 1 is 0.527 bits per heavy atom. The number of phenols is 2. The number of aliphatic hydroxyl groups is 2. The number of guanidine groups is 1. The molecule has 0 aliphatic carbocycles. The van der Waals surface area contributed by atoms with Crippen LogP contribution in [0.2, 0.25) is 0 Å². The Morgan fingerprint density at radius 2 is 0.955 bits per heavy atom. The minimum atomic E-state index is -2.10. The number of benzene rings is 2. The molecule has 1 heterocycles. The molecule has 610 valence electrons. The van der Waals surface area contributed by atoms with Crippen LogP contribution in [0.15, 0.2) is 53.5 Å². The molecular weight excluding hydrogens is 1510 g/mol. The van der Waals surface area contributed by atoms with Crippen molar-refractivity contribution in [3.63, 3.8) is 0 Å². The molecule has 2 aromatic carbocycles. The summed E-state index contributed by atoms with van der Waals surface area (Å²) in [5, 5.41) is 95.7. The van der Waals surface area contributed by atoms with E-state index in [9.17, 15) is 112 Å². The Balaban J connectivity index is 1.88. The number of thiol groups is 1. The Kier molecular flexibility index (Phi) is 41.3. The highest BCUT2D eigenvalue weighted by Crippen LogP contribution is 2.23. The highest BCUT2D eigenvalue weighted by atomic mass is 32.2. The Morgan fingerprint density at radius 3 is 1.44 bits per heavy atom. The number of likely N-dealkylation sites (tertiary alicyclic amines) is 1. The number of primary amides is 1. The van der Waals surface area contributed by atoms with Crippen LogP contribution in [0, 0.1) is 5.92 Å². The summed E-state index contributed by atoms with van der Waals surface area (Å²) in [6.07, 6.45) is 0.146. The van der Waals surface area contributed by atoms with Crippen molar-refractivity contribution in [3.05, 3.63) is 59.7 Å². The third-order valence-electron chi connectivity index (χ3n) is 17.2. The second kappa shape index (κ2) is 48.3. The fourth-order valence-corrected chi connectivity index (χ4v) is 12.1. The molecule has 40 nitrogen and oxygen atoms in total. The number of amides is 13. The first kappa shape index (κ1) is 94.0. The van der Waals surface area contributed by atoms with Gasteiger partial charge in [-0.15, -0.1) is 0 Å². The van der Waals surface area contributed by atoms with E-state index in [0.717, 1.165) is 0 Å². The van der Waals surface area contributed by atoms with Crippen molar-refractivity contribution in [1.82, 2.24) is 63.4 Å². The maximum Gasteiger partial charge on any atom is 0.326 e. The summed E-state index contributed by atoms with van der Waals surface area (Å²) in [5.41, 5.74) is 22.8. The number of nitrogens with zero attached hydrogens (tertiary/aromatic N) is 2. The maximum atomic E-state index is 14.5. The monoisotopic (exact) mass is 1610 g/mol. The van der Waals surface area contributed by atoms with Crippen LogP contribution in [-0.2, 0) is 89.6 Å². The Hall–Kier alpha value is -10.2. The van der Waals surface area contributed by atoms with E-state index in [0.29, 0.717) is 30.6 Å². The van der Waals surface area contributed by atoms with Gasteiger partial charge in [0.15, 0.2) is 5.96 Å². The van der Waals surface area contributed by atoms with Gasteiger partial charge in [0.25, 0.3) is 0 Å². The minimum Gasteiger partial charge on any atom is -0.508 e. The average molecular weight is 1610 g/mol. The van der Waals surface area contributed by atoms with Gasteiger partial charge in [-0.3, -0.25) is 76.9 Å². The first-order valence-electron chi connectivity index (χ1n) is 34.8. The van der Waals surface area contributed by atoms with Crippen LogP contribution in [0.4, 0.5) is 0 Å². The molecular formula is C67H101N17O23S3. The van der Waals surface area contributed by atoms with Crippen molar-refractivity contribution in [2.45, 2.75) is 176 Å². The molecule has 0 saturated carbocycles. The molecule has 26 N–H and O–H groups in total. The molecule has 14 atom stereocenters. The van der Waals surface area contributed by atoms with E-state index < -0.39 is 230 Å². The lowest BCUT2D eigenvalue weighted by molar-refractivity contribution is -0.144. The molecule has 3 rings (SSSR count). The minimum absolute atomic E-state index is 0.0373. The molecule has 1 aliphatic heterocycles. The van der Waals surface area contributed by atoms with Crippen molar-refractivity contribution >= 4 is 137 Å². The van der Waals surface area contributed by atoms with E-state index in [1.807, 2.05) is 16.9 Å². The molecule has 1 aliphatic rings. The van der Waals surface area contributed by atoms with Gasteiger partial charge in [0.1, 0.15) is 84.0 Å². The van der Waals surface area contributed by atoms with Crippen LogP contribution in [-0.4, -0.2) is 276 Å². The average Bonchev–Trinajstić information content (AvgIpc) is 1.60. The van der Waals surface area contributed by atoms with Gasteiger partial charge >= 0.3 is 17.9 Å². The topological polar surface area (TPSA) is 667 Å². The van der Waals surface area contributed by atoms with Crippen LogP contribution in [0.1, 0.15) is 95.6 Å². The molecule has 0 bridgehead atoms. The number of carboxylic acid groups (broad SMARTS) is 3. The Bertz CT molecular complexity index is 3550. The second-order valence-electron chi connectivity index (χ2n) is 25.6. The highest BCUT2D eigenvalue weighted by Gasteiger charge is 2.42. The number of aliphatic hydroxyl groups excluding tert-OH is 2.